The molecule has 0 heterocycles. The number of carbonyl (C=O) groups excluding carboxylic acids is 3. The molecule has 0 radical (unpaired) electrons. The molecule has 4 unspecified atom stereocenters. The molecule has 14 nitrogen and oxygen atoms in total. The molecule has 0 rings (SSSR count). The molecule has 0 aliphatic heterocycles. The summed E-state index contributed by atoms with van der Waals surface area (Å²) in [6, 6.07) is -4.91. The Morgan fingerprint density at radius 2 is 1.47 bits per heavy atom. The summed E-state index contributed by atoms with van der Waals surface area (Å²) in [5, 5.41) is 24.9. The fourth-order valence-corrected chi connectivity index (χ4v) is 2.12. The van der Waals surface area contributed by atoms with Crippen LogP contribution in [-0.4, -0.2) is 76.5 Å². The van der Waals surface area contributed by atoms with Crippen LogP contribution in [0.25, 0.3) is 0 Å². The molecular weight excluding hydrogens is 402 g/mol. The highest BCUT2D eigenvalue weighted by Gasteiger charge is 2.29. The molecule has 30 heavy (non-hydrogen) atoms. The van der Waals surface area contributed by atoms with Gasteiger partial charge >= 0.3 is 11.9 Å². The lowest BCUT2D eigenvalue weighted by Gasteiger charge is -2.22. The SMILES string of the molecule is CC(N)C(=O)NC(C)C(=O)NC(CC(=O)O)C(=O)NC(CCCN=C(N)N)C(=O)O. The second kappa shape index (κ2) is 12.9. The fourth-order valence-electron chi connectivity index (χ4n) is 2.12. The fraction of sp³-hybridized carbons (Fsp3) is 0.625. The molecule has 0 saturated heterocycles. The first kappa shape index (κ1) is 26.6. The molecule has 14 heteroatoms. The molecule has 0 spiro atoms. The molecule has 0 aromatic heterocycles. The second-order valence-electron chi connectivity index (χ2n) is 6.53. The average molecular weight is 431 g/mol. The number of carboxylic acid groups (broad SMARTS) is 2. The van der Waals surface area contributed by atoms with Gasteiger partial charge in [0.05, 0.1) is 12.5 Å². The summed E-state index contributed by atoms with van der Waals surface area (Å²) in [4.78, 5) is 62.3. The minimum atomic E-state index is -1.57. The van der Waals surface area contributed by atoms with Crippen molar-refractivity contribution < 1.29 is 34.2 Å². The van der Waals surface area contributed by atoms with Crippen molar-refractivity contribution in [3.63, 3.8) is 0 Å². The number of aliphatic carboxylic acids is 2. The number of carbonyl (C=O) groups is 5. The summed E-state index contributed by atoms with van der Waals surface area (Å²) in [6.07, 6.45) is -0.607. The Kier molecular flexibility index (Phi) is 11.5. The summed E-state index contributed by atoms with van der Waals surface area (Å²) < 4.78 is 0. The van der Waals surface area contributed by atoms with Gasteiger partial charge in [-0.05, 0) is 26.7 Å². The van der Waals surface area contributed by atoms with Crippen LogP contribution in [0.3, 0.4) is 0 Å². The molecule has 4 atom stereocenters. The lowest BCUT2D eigenvalue weighted by molar-refractivity contribution is -0.143. The quantitative estimate of drug-likeness (QED) is 0.0808. The van der Waals surface area contributed by atoms with Crippen LogP contribution in [0.5, 0.6) is 0 Å². The molecule has 0 aliphatic carbocycles. The molecule has 3 amide bonds. The van der Waals surface area contributed by atoms with Crippen LogP contribution < -0.4 is 33.2 Å². The molecule has 0 bridgehead atoms. The monoisotopic (exact) mass is 431 g/mol. The third-order valence-electron chi connectivity index (χ3n) is 3.74. The second-order valence-corrected chi connectivity index (χ2v) is 6.53. The van der Waals surface area contributed by atoms with Gasteiger partial charge in [-0.3, -0.25) is 24.2 Å². The van der Waals surface area contributed by atoms with E-state index in [0.717, 1.165) is 0 Å². The van der Waals surface area contributed by atoms with Gasteiger partial charge in [0.2, 0.25) is 17.7 Å². The normalized spacial score (nSPS) is 14.4. The summed E-state index contributed by atoms with van der Waals surface area (Å²) in [6.45, 7) is 2.85. The van der Waals surface area contributed by atoms with Crippen molar-refractivity contribution >= 4 is 35.6 Å². The third kappa shape index (κ3) is 10.8. The van der Waals surface area contributed by atoms with Crippen LogP contribution in [0.2, 0.25) is 0 Å². The van der Waals surface area contributed by atoms with E-state index < -0.39 is 60.2 Å². The summed E-state index contributed by atoms with van der Waals surface area (Å²) in [5.74, 6) is -5.40. The van der Waals surface area contributed by atoms with Crippen molar-refractivity contribution in [2.45, 2.75) is 57.3 Å². The lowest BCUT2D eigenvalue weighted by Crippen LogP contribution is -2.56. The molecule has 11 N–H and O–H groups in total. The van der Waals surface area contributed by atoms with Crippen LogP contribution >= 0.6 is 0 Å². The largest absolute Gasteiger partial charge is 0.481 e. The average Bonchev–Trinajstić information content (AvgIpc) is 2.62. The Balaban J connectivity index is 5.08. The maximum absolute atomic E-state index is 12.4. The van der Waals surface area contributed by atoms with Gasteiger partial charge in [0.25, 0.3) is 0 Å². The predicted molar refractivity (Wildman–Crippen MR) is 105 cm³/mol. The molecule has 0 saturated carbocycles. The number of rotatable bonds is 13. The summed E-state index contributed by atoms with van der Waals surface area (Å²) in [5.41, 5.74) is 15.7. The highest BCUT2D eigenvalue weighted by molar-refractivity contribution is 5.95. The van der Waals surface area contributed by atoms with Crippen LogP contribution in [-0.2, 0) is 24.0 Å². The zero-order valence-electron chi connectivity index (χ0n) is 16.8. The van der Waals surface area contributed by atoms with Crippen molar-refractivity contribution in [1.82, 2.24) is 16.0 Å². The number of nitrogens with one attached hydrogen (secondary N) is 3. The van der Waals surface area contributed by atoms with Crippen LogP contribution in [0.4, 0.5) is 0 Å². The molecule has 170 valence electrons. The highest BCUT2D eigenvalue weighted by Crippen LogP contribution is 2.02. The van der Waals surface area contributed by atoms with Gasteiger partial charge in [-0.25, -0.2) is 4.79 Å². The van der Waals surface area contributed by atoms with Gasteiger partial charge in [0.15, 0.2) is 5.96 Å². The maximum atomic E-state index is 12.4. The number of guanidine groups is 1. The molecular formula is C16H29N7O7. The first-order valence-corrected chi connectivity index (χ1v) is 9.01. The summed E-state index contributed by atoms with van der Waals surface area (Å²) >= 11 is 0. The van der Waals surface area contributed by atoms with E-state index in [1.807, 2.05) is 0 Å². The van der Waals surface area contributed by atoms with E-state index in [0.29, 0.717) is 0 Å². The van der Waals surface area contributed by atoms with Gasteiger partial charge < -0.3 is 43.4 Å². The molecule has 0 aromatic rings. The van der Waals surface area contributed by atoms with E-state index in [-0.39, 0.29) is 25.3 Å². The van der Waals surface area contributed by atoms with Crippen molar-refractivity contribution in [2.75, 3.05) is 6.54 Å². The van der Waals surface area contributed by atoms with Crippen molar-refractivity contribution in [3.05, 3.63) is 0 Å². The number of hydrogen-bond acceptors (Lipinski definition) is 7. The Labute approximate surface area is 172 Å². The van der Waals surface area contributed by atoms with Crippen LogP contribution in [0.15, 0.2) is 4.99 Å². The van der Waals surface area contributed by atoms with Crippen molar-refractivity contribution in [3.8, 4) is 0 Å². The maximum Gasteiger partial charge on any atom is 0.326 e. The number of carboxylic acids is 2. The first-order chi connectivity index (χ1) is 13.8. The zero-order valence-corrected chi connectivity index (χ0v) is 16.8. The zero-order chi connectivity index (χ0) is 23.4. The lowest BCUT2D eigenvalue weighted by atomic mass is 10.1. The topological polar surface area (TPSA) is 252 Å². The van der Waals surface area contributed by atoms with Gasteiger partial charge in [-0.15, -0.1) is 0 Å². The predicted octanol–water partition coefficient (Wildman–Crippen LogP) is -3.58. The Hall–Kier alpha value is -3.42. The Morgan fingerprint density at radius 1 is 0.900 bits per heavy atom. The Morgan fingerprint density at radius 3 is 1.93 bits per heavy atom. The highest BCUT2D eigenvalue weighted by atomic mass is 16.4. The van der Waals surface area contributed by atoms with E-state index in [4.69, 9.17) is 22.3 Å². The van der Waals surface area contributed by atoms with Crippen molar-refractivity contribution in [1.29, 1.82) is 0 Å². The number of nitrogens with zero attached hydrogens (tertiary/aromatic N) is 1. The number of aliphatic imine (C=N–C) groups is 1. The number of nitrogens with two attached hydrogens (primary N) is 3. The van der Waals surface area contributed by atoms with E-state index >= 15 is 0 Å². The van der Waals surface area contributed by atoms with E-state index in [1.165, 1.54) is 13.8 Å². The summed E-state index contributed by atoms with van der Waals surface area (Å²) in [7, 11) is 0. The first-order valence-electron chi connectivity index (χ1n) is 9.01. The number of hydrogen-bond donors (Lipinski definition) is 8. The minimum absolute atomic E-state index is 0.0353. The Bertz CT molecular complexity index is 677. The number of amides is 3. The molecule has 0 fully saturated rings. The molecule has 0 aliphatic rings. The van der Waals surface area contributed by atoms with E-state index in [2.05, 4.69) is 20.9 Å². The smallest absolute Gasteiger partial charge is 0.326 e. The van der Waals surface area contributed by atoms with Gasteiger partial charge in [-0.1, -0.05) is 0 Å². The van der Waals surface area contributed by atoms with Gasteiger partial charge in [-0.2, -0.15) is 0 Å². The van der Waals surface area contributed by atoms with Gasteiger partial charge in [0.1, 0.15) is 18.1 Å². The van der Waals surface area contributed by atoms with E-state index in [9.17, 15) is 29.1 Å². The van der Waals surface area contributed by atoms with Crippen LogP contribution in [0.1, 0.15) is 33.1 Å². The third-order valence-corrected chi connectivity index (χ3v) is 3.74. The standard InChI is InChI=1S/C16H29N7O7/c1-7(17)12(26)21-8(2)13(27)23-10(6-11(24)25)14(28)22-9(15(29)30)4-3-5-20-16(18)19/h7-10H,3-6,17H2,1-2H3,(H,21,26)(H,22,28)(H,23,27)(H,24,25)(H,29,30)(H4,18,19,20). The van der Waals surface area contributed by atoms with Gasteiger partial charge in [0, 0.05) is 6.54 Å². The molecule has 0 aromatic carbocycles. The van der Waals surface area contributed by atoms with E-state index in [1.54, 1.807) is 0 Å². The minimum Gasteiger partial charge on any atom is -0.481 e. The van der Waals surface area contributed by atoms with Crippen molar-refractivity contribution in [2.24, 2.45) is 22.2 Å². The van der Waals surface area contributed by atoms with Crippen LogP contribution in [0, 0.1) is 0 Å².